The molecule has 96 valence electrons. The first-order chi connectivity index (χ1) is 8.14. The van der Waals surface area contributed by atoms with Gasteiger partial charge in [0.05, 0.1) is 5.60 Å². The number of nitrogens with zero attached hydrogens (tertiary/aromatic N) is 1. The number of hydrogen-bond acceptors (Lipinski definition) is 3. The molecule has 0 saturated heterocycles. The first kappa shape index (κ1) is 12.5. The minimum Gasteiger partial charge on any atom is -0.389 e. The van der Waals surface area contributed by atoms with Crippen LogP contribution in [0.3, 0.4) is 0 Å². The van der Waals surface area contributed by atoms with Crippen LogP contribution in [0, 0.1) is 0 Å². The van der Waals surface area contributed by atoms with E-state index in [1.807, 2.05) is 19.3 Å². The van der Waals surface area contributed by atoms with Gasteiger partial charge in [-0.05, 0) is 44.9 Å². The molecule has 0 unspecified atom stereocenters. The third-order valence-electron chi connectivity index (χ3n) is 3.90. The van der Waals surface area contributed by atoms with E-state index in [0.717, 1.165) is 31.5 Å². The Morgan fingerprint density at radius 1 is 1.53 bits per heavy atom. The standard InChI is InChI=1S/C13H23N3O/c1-14-10-13(17)7-5-11(6-8-13)16(2)12-4-3-9-15-12/h3-4,9,11,14-15,17H,5-8,10H2,1-2H3. The topological polar surface area (TPSA) is 51.3 Å². The van der Waals surface area contributed by atoms with Crippen molar-refractivity contribution in [3.63, 3.8) is 0 Å². The molecule has 0 aromatic carbocycles. The molecule has 1 aliphatic rings. The van der Waals surface area contributed by atoms with Gasteiger partial charge in [-0.1, -0.05) is 0 Å². The SMILES string of the molecule is CNCC1(O)CCC(N(C)c2ccc[nH]2)CC1. The van der Waals surface area contributed by atoms with Gasteiger partial charge in [-0.15, -0.1) is 0 Å². The molecular formula is C13H23N3O. The lowest BCUT2D eigenvalue weighted by Gasteiger charge is -2.39. The Morgan fingerprint density at radius 2 is 2.24 bits per heavy atom. The molecule has 3 N–H and O–H groups in total. The van der Waals surface area contributed by atoms with Crippen LogP contribution in [0.5, 0.6) is 0 Å². The van der Waals surface area contributed by atoms with Gasteiger partial charge in [0.25, 0.3) is 0 Å². The number of hydrogen-bond donors (Lipinski definition) is 3. The van der Waals surface area contributed by atoms with Crippen LogP contribution in [-0.4, -0.2) is 42.4 Å². The number of aliphatic hydroxyl groups is 1. The molecule has 0 atom stereocenters. The second-order valence-electron chi connectivity index (χ2n) is 5.15. The Balaban J connectivity index is 1.91. The van der Waals surface area contributed by atoms with Crippen molar-refractivity contribution < 1.29 is 5.11 Å². The smallest absolute Gasteiger partial charge is 0.105 e. The highest BCUT2D eigenvalue weighted by Crippen LogP contribution is 2.31. The van der Waals surface area contributed by atoms with E-state index in [2.05, 4.69) is 28.3 Å². The minimum absolute atomic E-state index is 0.498. The molecule has 4 heteroatoms. The van der Waals surface area contributed by atoms with Crippen LogP contribution in [0.2, 0.25) is 0 Å². The number of rotatable bonds is 4. The lowest BCUT2D eigenvalue weighted by atomic mass is 9.81. The molecule has 1 heterocycles. The number of aromatic nitrogens is 1. The molecule has 0 bridgehead atoms. The van der Waals surface area contributed by atoms with Crippen molar-refractivity contribution in [2.45, 2.75) is 37.3 Å². The molecule has 0 amide bonds. The molecule has 0 spiro atoms. The third-order valence-corrected chi connectivity index (χ3v) is 3.90. The maximum Gasteiger partial charge on any atom is 0.105 e. The Labute approximate surface area is 103 Å². The summed E-state index contributed by atoms with van der Waals surface area (Å²) in [5.41, 5.74) is -0.498. The zero-order valence-corrected chi connectivity index (χ0v) is 10.7. The molecule has 0 aliphatic heterocycles. The largest absolute Gasteiger partial charge is 0.389 e. The van der Waals surface area contributed by atoms with E-state index in [0.29, 0.717) is 12.6 Å². The summed E-state index contributed by atoms with van der Waals surface area (Å²) >= 11 is 0. The lowest BCUT2D eigenvalue weighted by molar-refractivity contribution is 0.00195. The van der Waals surface area contributed by atoms with E-state index < -0.39 is 5.60 Å². The highest BCUT2D eigenvalue weighted by atomic mass is 16.3. The minimum atomic E-state index is -0.498. The summed E-state index contributed by atoms with van der Waals surface area (Å²) in [5, 5.41) is 13.4. The van der Waals surface area contributed by atoms with E-state index in [1.54, 1.807) is 0 Å². The summed E-state index contributed by atoms with van der Waals surface area (Å²) in [6, 6.07) is 4.64. The van der Waals surface area contributed by atoms with Crippen LogP contribution in [0.25, 0.3) is 0 Å². The molecule has 1 saturated carbocycles. The average molecular weight is 237 g/mol. The van der Waals surface area contributed by atoms with Gasteiger partial charge in [-0.25, -0.2) is 0 Å². The van der Waals surface area contributed by atoms with Gasteiger partial charge in [0.15, 0.2) is 0 Å². The number of aromatic amines is 1. The summed E-state index contributed by atoms with van der Waals surface area (Å²) in [6.45, 7) is 0.700. The first-order valence-electron chi connectivity index (χ1n) is 6.38. The second kappa shape index (κ2) is 5.10. The maximum atomic E-state index is 10.3. The van der Waals surface area contributed by atoms with Crippen molar-refractivity contribution in [1.29, 1.82) is 0 Å². The predicted molar refractivity (Wildman–Crippen MR) is 70.3 cm³/mol. The van der Waals surface area contributed by atoms with E-state index in [9.17, 15) is 5.11 Å². The van der Waals surface area contributed by atoms with Crippen molar-refractivity contribution in [2.75, 3.05) is 25.5 Å². The number of nitrogens with one attached hydrogen (secondary N) is 2. The molecule has 2 rings (SSSR count). The van der Waals surface area contributed by atoms with E-state index in [4.69, 9.17) is 0 Å². The predicted octanol–water partition coefficient (Wildman–Crippen LogP) is 1.34. The molecule has 17 heavy (non-hydrogen) atoms. The van der Waals surface area contributed by atoms with E-state index >= 15 is 0 Å². The van der Waals surface area contributed by atoms with Crippen LogP contribution in [0.15, 0.2) is 18.3 Å². The quantitative estimate of drug-likeness (QED) is 0.741. The van der Waals surface area contributed by atoms with Gasteiger partial charge in [0.2, 0.25) is 0 Å². The zero-order chi connectivity index (χ0) is 12.3. The summed E-state index contributed by atoms with van der Waals surface area (Å²) in [4.78, 5) is 5.52. The lowest BCUT2D eigenvalue weighted by Crippen LogP contribution is -2.47. The van der Waals surface area contributed by atoms with Crippen molar-refractivity contribution in [3.8, 4) is 0 Å². The van der Waals surface area contributed by atoms with Crippen molar-refractivity contribution >= 4 is 5.82 Å². The van der Waals surface area contributed by atoms with Gasteiger partial charge >= 0.3 is 0 Å². The molecule has 0 radical (unpaired) electrons. The van der Waals surface area contributed by atoms with Crippen LogP contribution >= 0.6 is 0 Å². The van der Waals surface area contributed by atoms with Gasteiger partial charge in [-0.3, -0.25) is 0 Å². The third kappa shape index (κ3) is 2.82. The van der Waals surface area contributed by atoms with Crippen molar-refractivity contribution in [3.05, 3.63) is 18.3 Å². The zero-order valence-electron chi connectivity index (χ0n) is 10.7. The summed E-state index contributed by atoms with van der Waals surface area (Å²) < 4.78 is 0. The molecule has 1 aromatic rings. The van der Waals surface area contributed by atoms with Crippen LogP contribution < -0.4 is 10.2 Å². The average Bonchev–Trinajstić information content (AvgIpc) is 2.82. The summed E-state index contributed by atoms with van der Waals surface area (Å²) in [5.74, 6) is 1.16. The Bertz CT molecular complexity index is 328. The monoisotopic (exact) mass is 237 g/mol. The summed E-state index contributed by atoms with van der Waals surface area (Å²) in [7, 11) is 4.02. The van der Waals surface area contributed by atoms with E-state index in [-0.39, 0.29) is 0 Å². The number of likely N-dealkylation sites (N-methyl/N-ethyl adjacent to an activating group) is 1. The van der Waals surface area contributed by atoms with Crippen LogP contribution in [0.1, 0.15) is 25.7 Å². The fourth-order valence-electron chi connectivity index (χ4n) is 2.77. The number of anilines is 1. The van der Waals surface area contributed by atoms with Gasteiger partial charge in [0.1, 0.15) is 5.82 Å². The fourth-order valence-corrected chi connectivity index (χ4v) is 2.77. The molecule has 1 aromatic heterocycles. The van der Waals surface area contributed by atoms with Crippen LogP contribution in [-0.2, 0) is 0 Å². The van der Waals surface area contributed by atoms with Crippen molar-refractivity contribution in [1.82, 2.24) is 10.3 Å². The Morgan fingerprint density at radius 3 is 2.76 bits per heavy atom. The van der Waals surface area contributed by atoms with Gasteiger partial charge < -0.3 is 20.3 Å². The molecule has 1 fully saturated rings. The first-order valence-corrected chi connectivity index (χ1v) is 6.38. The highest BCUT2D eigenvalue weighted by molar-refractivity contribution is 5.38. The Hall–Kier alpha value is -1.00. The normalized spacial score (nSPS) is 29.2. The van der Waals surface area contributed by atoms with Gasteiger partial charge in [-0.2, -0.15) is 0 Å². The Kier molecular flexibility index (Phi) is 3.74. The highest BCUT2D eigenvalue weighted by Gasteiger charge is 2.34. The molecule has 4 nitrogen and oxygen atoms in total. The van der Waals surface area contributed by atoms with E-state index in [1.165, 1.54) is 0 Å². The van der Waals surface area contributed by atoms with Crippen molar-refractivity contribution in [2.24, 2.45) is 0 Å². The van der Waals surface area contributed by atoms with Gasteiger partial charge in [0, 0.05) is 25.8 Å². The second-order valence-corrected chi connectivity index (χ2v) is 5.15. The summed E-state index contributed by atoms with van der Waals surface area (Å²) in [6.07, 6.45) is 5.81. The number of H-pyrrole nitrogens is 1. The molecule has 1 aliphatic carbocycles. The molecular weight excluding hydrogens is 214 g/mol. The maximum absolute atomic E-state index is 10.3. The fraction of sp³-hybridized carbons (Fsp3) is 0.692. The van der Waals surface area contributed by atoms with Crippen LogP contribution in [0.4, 0.5) is 5.82 Å².